The predicted octanol–water partition coefficient (Wildman–Crippen LogP) is 4.50. The number of rotatable bonds is 4. The summed E-state index contributed by atoms with van der Waals surface area (Å²) in [4.78, 5) is 0. The van der Waals surface area contributed by atoms with Crippen LogP contribution in [0, 0.1) is 0 Å². The summed E-state index contributed by atoms with van der Waals surface area (Å²) in [7, 11) is 0. The third-order valence-electron chi connectivity index (χ3n) is 1.36. The van der Waals surface area contributed by atoms with E-state index < -0.39 is 0 Å². The van der Waals surface area contributed by atoms with Crippen molar-refractivity contribution in [1.29, 1.82) is 0 Å². The molecule has 0 aliphatic carbocycles. The average Bonchev–Trinajstić information content (AvgIpc) is 2.15. The van der Waals surface area contributed by atoms with Crippen LogP contribution in [0.5, 0.6) is 0 Å². The lowest BCUT2D eigenvalue weighted by Crippen LogP contribution is -1.74. The van der Waals surface area contributed by atoms with Crippen molar-refractivity contribution < 1.29 is 0 Å². The van der Waals surface area contributed by atoms with Gasteiger partial charge >= 0.3 is 0 Å². The molecule has 12 heavy (non-hydrogen) atoms. The molecular weight excluding hydrogens is 144 g/mol. The molecule has 0 unspecified atom stereocenters. The molecule has 0 saturated carbocycles. The lowest BCUT2D eigenvalue weighted by Gasteiger charge is -1.94. The molecule has 0 N–H and O–H groups in total. The van der Waals surface area contributed by atoms with Crippen LogP contribution < -0.4 is 0 Å². The van der Waals surface area contributed by atoms with Gasteiger partial charge in [-0.25, -0.2) is 0 Å². The highest BCUT2D eigenvalue weighted by molar-refractivity contribution is 5.20. The molecule has 0 heteroatoms. The number of hydrogen-bond acceptors (Lipinski definition) is 0. The van der Waals surface area contributed by atoms with E-state index in [2.05, 4.69) is 32.6 Å². The Morgan fingerprint density at radius 3 is 2.25 bits per heavy atom. The van der Waals surface area contributed by atoms with Gasteiger partial charge < -0.3 is 0 Å². The Morgan fingerprint density at radius 2 is 1.92 bits per heavy atom. The molecular formula is C12H22. The number of hydrogen-bond donors (Lipinski definition) is 0. The highest BCUT2D eigenvalue weighted by atomic mass is 13.9. The van der Waals surface area contributed by atoms with Gasteiger partial charge in [0.2, 0.25) is 0 Å². The van der Waals surface area contributed by atoms with Gasteiger partial charge in [-0.2, -0.15) is 0 Å². The van der Waals surface area contributed by atoms with Crippen LogP contribution in [0.3, 0.4) is 0 Å². The van der Waals surface area contributed by atoms with E-state index in [9.17, 15) is 0 Å². The first-order valence-electron chi connectivity index (χ1n) is 4.79. The maximum Gasteiger partial charge on any atom is -0.0285 e. The second-order valence-corrected chi connectivity index (χ2v) is 2.21. The van der Waals surface area contributed by atoms with Gasteiger partial charge in [-0.15, -0.1) is 0 Å². The molecule has 0 fully saturated rings. The molecule has 0 saturated heterocycles. The van der Waals surface area contributed by atoms with Crippen molar-refractivity contribution in [3.63, 3.8) is 0 Å². The van der Waals surface area contributed by atoms with Crippen LogP contribution in [-0.2, 0) is 0 Å². The van der Waals surface area contributed by atoms with Gasteiger partial charge in [0, 0.05) is 0 Å². The normalized spacial score (nSPS) is 10.8. The fourth-order valence-electron chi connectivity index (χ4n) is 0.804. The predicted molar refractivity (Wildman–Crippen MR) is 59.4 cm³/mol. The van der Waals surface area contributed by atoms with Crippen molar-refractivity contribution in [3.05, 3.63) is 36.5 Å². The van der Waals surface area contributed by atoms with Gasteiger partial charge in [0.15, 0.2) is 0 Å². The standard InChI is InChI=1S/C10H16.C2H6/c1-4-7-9-10(6-3)8-5-2;1-2/h4,6-7,9H,1,5,8H2,2-3H3;1-2H3/b9-7-,10-6-;. The van der Waals surface area contributed by atoms with Crippen molar-refractivity contribution in [3.8, 4) is 0 Å². The Labute approximate surface area is 77.7 Å². The summed E-state index contributed by atoms with van der Waals surface area (Å²) in [6.45, 7) is 11.9. The molecule has 0 aromatic rings. The zero-order valence-corrected chi connectivity index (χ0v) is 8.93. The first kappa shape index (κ1) is 13.8. The Kier molecular flexibility index (Phi) is 14.8. The van der Waals surface area contributed by atoms with E-state index >= 15 is 0 Å². The van der Waals surface area contributed by atoms with Crippen molar-refractivity contribution in [2.45, 2.75) is 40.5 Å². The SMILES string of the molecule is C=C/C=C\C(=C/C)CCC.CC. The van der Waals surface area contributed by atoms with E-state index in [0.29, 0.717) is 0 Å². The van der Waals surface area contributed by atoms with E-state index in [0.717, 1.165) is 0 Å². The van der Waals surface area contributed by atoms with Gasteiger partial charge in [-0.1, -0.05) is 63.6 Å². The lowest BCUT2D eigenvalue weighted by molar-refractivity contribution is 0.924. The molecule has 0 radical (unpaired) electrons. The van der Waals surface area contributed by atoms with E-state index in [1.165, 1.54) is 18.4 Å². The van der Waals surface area contributed by atoms with Gasteiger partial charge in [0.1, 0.15) is 0 Å². The fourth-order valence-corrected chi connectivity index (χ4v) is 0.804. The fraction of sp³-hybridized carbons (Fsp3) is 0.500. The summed E-state index contributed by atoms with van der Waals surface area (Å²) in [5.74, 6) is 0. The summed E-state index contributed by atoms with van der Waals surface area (Å²) in [6.07, 6.45) is 10.4. The minimum atomic E-state index is 1.17. The molecule has 0 nitrogen and oxygen atoms in total. The summed E-state index contributed by atoms with van der Waals surface area (Å²) < 4.78 is 0. The third-order valence-corrected chi connectivity index (χ3v) is 1.36. The van der Waals surface area contributed by atoms with E-state index in [-0.39, 0.29) is 0 Å². The molecule has 0 bridgehead atoms. The maximum absolute atomic E-state index is 3.61. The maximum atomic E-state index is 3.61. The molecule has 70 valence electrons. The summed E-state index contributed by atoms with van der Waals surface area (Å²) in [6, 6.07) is 0. The Hall–Kier alpha value is -0.780. The second-order valence-electron chi connectivity index (χ2n) is 2.21. The van der Waals surface area contributed by atoms with Crippen molar-refractivity contribution in [2.75, 3.05) is 0 Å². The van der Waals surface area contributed by atoms with Crippen molar-refractivity contribution in [1.82, 2.24) is 0 Å². The van der Waals surface area contributed by atoms with Crippen LogP contribution in [0.25, 0.3) is 0 Å². The topological polar surface area (TPSA) is 0 Å². The summed E-state index contributed by atoms with van der Waals surface area (Å²) in [5, 5.41) is 0. The van der Waals surface area contributed by atoms with E-state index in [1.807, 2.05) is 19.9 Å². The van der Waals surface area contributed by atoms with Crippen LogP contribution in [-0.4, -0.2) is 0 Å². The average molecular weight is 166 g/mol. The van der Waals surface area contributed by atoms with Crippen LogP contribution in [0.1, 0.15) is 40.5 Å². The minimum Gasteiger partial charge on any atom is -0.0991 e. The van der Waals surface area contributed by atoms with Crippen LogP contribution in [0.4, 0.5) is 0 Å². The van der Waals surface area contributed by atoms with Crippen LogP contribution in [0.15, 0.2) is 36.5 Å². The zero-order chi connectivity index (χ0) is 9.82. The molecule has 0 aliphatic heterocycles. The first-order chi connectivity index (χ1) is 5.85. The Morgan fingerprint density at radius 1 is 1.33 bits per heavy atom. The van der Waals surface area contributed by atoms with Crippen molar-refractivity contribution in [2.24, 2.45) is 0 Å². The third kappa shape index (κ3) is 9.22. The highest BCUT2D eigenvalue weighted by Gasteiger charge is 1.85. The molecule has 0 atom stereocenters. The Balaban J connectivity index is 0. The first-order valence-corrected chi connectivity index (χ1v) is 4.79. The second kappa shape index (κ2) is 12.9. The largest absolute Gasteiger partial charge is 0.0991 e. The summed E-state index contributed by atoms with van der Waals surface area (Å²) in [5.41, 5.74) is 1.39. The van der Waals surface area contributed by atoms with Crippen LogP contribution >= 0.6 is 0 Å². The molecule has 0 rings (SSSR count). The van der Waals surface area contributed by atoms with Crippen LogP contribution in [0.2, 0.25) is 0 Å². The molecule has 0 aliphatic rings. The highest BCUT2D eigenvalue weighted by Crippen LogP contribution is 2.05. The lowest BCUT2D eigenvalue weighted by atomic mass is 10.1. The zero-order valence-electron chi connectivity index (χ0n) is 8.93. The molecule has 0 aromatic carbocycles. The summed E-state index contributed by atoms with van der Waals surface area (Å²) >= 11 is 0. The van der Waals surface area contributed by atoms with Gasteiger partial charge in [0.05, 0.1) is 0 Å². The number of allylic oxidation sites excluding steroid dienone is 5. The van der Waals surface area contributed by atoms with E-state index in [1.54, 1.807) is 6.08 Å². The molecule has 0 heterocycles. The Bertz CT molecular complexity index is 138. The molecule has 0 spiro atoms. The molecule has 0 amide bonds. The molecule has 0 aromatic heterocycles. The monoisotopic (exact) mass is 166 g/mol. The smallest absolute Gasteiger partial charge is 0.0285 e. The minimum absolute atomic E-state index is 1.17. The van der Waals surface area contributed by atoms with Gasteiger partial charge in [-0.05, 0) is 13.3 Å². The van der Waals surface area contributed by atoms with Gasteiger partial charge in [0.25, 0.3) is 0 Å². The van der Waals surface area contributed by atoms with Gasteiger partial charge in [-0.3, -0.25) is 0 Å². The van der Waals surface area contributed by atoms with Crippen molar-refractivity contribution >= 4 is 0 Å². The van der Waals surface area contributed by atoms with E-state index in [4.69, 9.17) is 0 Å². The quantitative estimate of drug-likeness (QED) is 0.539.